The summed E-state index contributed by atoms with van der Waals surface area (Å²) >= 11 is 0. The molecule has 0 saturated carbocycles. The summed E-state index contributed by atoms with van der Waals surface area (Å²) in [5, 5.41) is 4.26. The molecule has 1 N–H and O–H groups in total. The van der Waals surface area contributed by atoms with Gasteiger partial charge >= 0.3 is 0 Å². The highest BCUT2D eigenvalue weighted by atomic mass is 16.5. The van der Waals surface area contributed by atoms with Crippen LogP contribution in [-0.2, 0) is 11.8 Å². The molecule has 0 atom stereocenters. The Labute approximate surface area is 170 Å². The van der Waals surface area contributed by atoms with Gasteiger partial charge in [-0.3, -0.25) is 4.90 Å². The lowest BCUT2D eigenvalue weighted by Gasteiger charge is -2.26. The van der Waals surface area contributed by atoms with Crippen LogP contribution in [0.25, 0.3) is 10.9 Å². The Kier molecular flexibility index (Phi) is 5.92. The molecule has 0 amide bonds. The Morgan fingerprint density at radius 1 is 1.17 bits per heavy atom. The third-order valence-electron chi connectivity index (χ3n) is 5.27. The largest absolute Gasteiger partial charge is 0.493 e. The Hall–Kier alpha value is -2.71. The van der Waals surface area contributed by atoms with Crippen LogP contribution in [0.4, 0.5) is 11.6 Å². The topological polar surface area (TPSA) is 77.3 Å². The fraction of sp³-hybridized carbons (Fsp3) is 0.476. The van der Waals surface area contributed by atoms with E-state index in [4.69, 9.17) is 9.47 Å². The van der Waals surface area contributed by atoms with Crippen LogP contribution in [0.2, 0.25) is 0 Å². The minimum Gasteiger partial charge on any atom is -0.493 e. The van der Waals surface area contributed by atoms with E-state index in [2.05, 4.69) is 38.2 Å². The molecule has 8 nitrogen and oxygen atoms in total. The molecule has 0 aliphatic carbocycles. The summed E-state index contributed by atoms with van der Waals surface area (Å²) in [5.74, 6) is 3.33. The van der Waals surface area contributed by atoms with Gasteiger partial charge in [0.1, 0.15) is 29.5 Å². The average Bonchev–Trinajstić information content (AvgIpc) is 3.04. The van der Waals surface area contributed by atoms with Gasteiger partial charge in [-0.25, -0.2) is 15.0 Å². The van der Waals surface area contributed by atoms with E-state index in [1.54, 1.807) is 6.33 Å². The highest BCUT2D eigenvalue weighted by Crippen LogP contribution is 2.29. The number of hydrogen-bond donors (Lipinski definition) is 1. The van der Waals surface area contributed by atoms with E-state index in [9.17, 15) is 0 Å². The molecule has 8 heteroatoms. The molecule has 29 heavy (non-hydrogen) atoms. The van der Waals surface area contributed by atoms with Crippen molar-refractivity contribution in [3.05, 3.63) is 36.0 Å². The van der Waals surface area contributed by atoms with Crippen molar-refractivity contribution in [2.45, 2.75) is 20.3 Å². The SMILES string of the molecule is Cc1cc2c(Nc3cn(C)c(C)n3)ncnc2cc1OCCCN1CCOCC1. The smallest absolute Gasteiger partial charge is 0.150 e. The average molecular weight is 396 g/mol. The number of aromatic nitrogens is 4. The van der Waals surface area contributed by atoms with Gasteiger partial charge in [0.25, 0.3) is 0 Å². The first-order valence-corrected chi connectivity index (χ1v) is 10.1. The molecular formula is C21H28N6O2. The molecule has 1 aliphatic heterocycles. The van der Waals surface area contributed by atoms with E-state index < -0.39 is 0 Å². The monoisotopic (exact) mass is 396 g/mol. The predicted molar refractivity (Wildman–Crippen MR) is 113 cm³/mol. The summed E-state index contributed by atoms with van der Waals surface area (Å²) in [6, 6.07) is 4.07. The number of aryl methyl sites for hydroxylation is 3. The summed E-state index contributed by atoms with van der Waals surface area (Å²) in [6.45, 7) is 9.43. The molecule has 0 bridgehead atoms. The lowest BCUT2D eigenvalue weighted by Crippen LogP contribution is -2.37. The number of ether oxygens (including phenoxy) is 2. The van der Waals surface area contributed by atoms with Crippen molar-refractivity contribution in [2.24, 2.45) is 7.05 Å². The predicted octanol–water partition coefficient (Wildman–Crippen LogP) is 2.82. The van der Waals surface area contributed by atoms with Crippen molar-refractivity contribution in [3.63, 3.8) is 0 Å². The third kappa shape index (κ3) is 4.65. The molecule has 3 heterocycles. The summed E-state index contributed by atoms with van der Waals surface area (Å²) in [6.07, 6.45) is 4.51. The first-order chi connectivity index (χ1) is 14.1. The summed E-state index contributed by atoms with van der Waals surface area (Å²) in [7, 11) is 1.97. The standard InChI is InChI=1S/C21H28N6O2/c1-15-11-17-18(12-19(15)29-8-4-5-27-6-9-28-10-7-27)22-14-23-21(17)25-20-13-26(3)16(2)24-20/h11-14H,4-10H2,1-3H3,(H,22,23,25). The van der Waals surface area contributed by atoms with Gasteiger partial charge in [-0.1, -0.05) is 0 Å². The normalized spacial score (nSPS) is 15.0. The van der Waals surface area contributed by atoms with Gasteiger partial charge in [-0.15, -0.1) is 0 Å². The minimum absolute atomic E-state index is 0.688. The number of rotatable bonds is 7. The van der Waals surface area contributed by atoms with Crippen LogP contribution in [0.15, 0.2) is 24.7 Å². The van der Waals surface area contributed by atoms with Crippen molar-refractivity contribution >= 4 is 22.5 Å². The number of anilines is 2. The summed E-state index contributed by atoms with van der Waals surface area (Å²) < 4.78 is 13.4. The lowest BCUT2D eigenvalue weighted by atomic mass is 10.1. The zero-order chi connectivity index (χ0) is 20.2. The molecule has 0 spiro atoms. The van der Waals surface area contributed by atoms with E-state index >= 15 is 0 Å². The fourth-order valence-electron chi connectivity index (χ4n) is 3.48. The molecule has 1 saturated heterocycles. The van der Waals surface area contributed by atoms with Gasteiger partial charge in [-0.05, 0) is 31.9 Å². The second-order valence-corrected chi connectivity index (χ2v) is 7.42. The molecule has 4 rings (SSSR count). The molecule has 1 aliphatic rings. The molecule has 0 radical (unpaired) electrons. The first-order valence-electron chi connectivity index (χ1n) is 10.1. The molecule has 1 fully saturated rings. The quantitative estimate of drug-likeness (QED) is 0.615. The number of benzene rings is 1. The third-order valence-corrected chi connectivity index (χ3v) is 5.27. The Morgan fingerprint density at radius 2 is 2.00 bits per heavy atom. The van der Waals surface area contributed by atoms with E-state index in [-0.39, 0.29) is 0 Å². The van der Waals surface area contributed by atoms with Gasteiger partial charge in [-0.2, -0.15) is 0 Å². The molecule has 2 aromatic heterocycles. The number of hydrogen-bond acceptors (Lipinski definition) is 7. The van der Waals surface area contributed by atoms with Crippen LogP contribution < -0.4 is 10.1 Å². The zero-order valence-electron chi connectivity index (χ0n) is 17.3. The van der Waals surface area contributed by atoms with Crippen LogP contribution in [0.3, 0.4) is 0 Å². The van der Waals surface area contributed by atoms with Gasteiger partial charge in [0.2, 0.25) is 0 Å². The Balaban J connectivity index is 1.44. The first kappa shape index (κ1) is 19.6. The van der Waals surface area contributed by atoms with E-state index in [1.165, 1.54) is 0 Å². The van der Waals surface area contributed by atoms with E-state index in [0.717, 1.165) is 78.9 Å². The second kappa shape index (κ2) is 8.75. The van der Waals surface area contributed by atoms with E-state index in [1.807, 2.05) is 30.8 Å². The summed E-state index contributed by atoms with van der Waals surface area (Å²) in [4.78, 5) is 15.8. The van der Waals surface area contributed by atoms with Crippen molar-refractivity contribution in [1.29, 1.82) is 0 Å². The van der Waals surface area contributed by atoms with E-state index in [0.29, 0.717) is 6.61 Å². The molecule has 1 aromatic carbocycles. The molecule has 154 valence electrons. The van der Waals surface area contributed by atoms with Gasteiger partial charge < -0.3 is 19.4 Å². The number of nitrogens with zero attached hydrogens (tertiary/aromatic N) is 5. The maximum Gasteiger partial charge on any atom is 0.150 e. The second-order valence-electron chi connectivity index (χ2n) is 7.42. The van der Waals surface area contributed by atoms with Crippen molar-refractivity contribution in [3.8, 4) is 5.75 Å². The van der Waals surface area contributed by atoms with Crippen molar-refractivity contribution < 1.29 is 9.47 Å². The number of nitrogens with one attached hydrogen (secondary N) is 1. The van der Waals surface area contributed by atoms with Crippen LogP contribution in [0.5, 0.6) is 5.75 Å². The molecular weight excluding hydrogens is 368 g/mol. The maximum absolute atomic E-state index is 6.06. The fourth-order valence-corrected chi connectivity index (χ4v) is 3.48. The van der Waals surface area contributed by atoms with Crippen LogP contribution in [0, 0.1) is 13.8 Å². The van der Waals surface area contributed by atoms with Gasteiger partial charge in [0.05, 0.1) is 25.3 Å². The van der Waals surface area contributed by atoms with Crippen molar-refractivity contribution in [1.82, 2.24) is 24.4 Å². The van der Waals surface area contributed by atoms with Gasteiger partial charge in [0, 0.05) is 44.3 Å². The Bertz CT molecular complexity index is 961. The Morgan fingerprint density at radius 3 is 2.76 bits per heavy atom. The number of morpholine rings is 1. The van der Waals surface area contributed by atoms with Crippen LogP contribution in [0.1, 0.15) is 17.8 Å². The van der Waals surface area contributed by atoms with Crippen LogP contribution >= 0.6 is 0 Å². The van der Waals surface area contributed by atoms with Gasteiger partial charge in [0.15, 0.2) is 0 Å². The maximum atomic E-state index is 6.06. The number of fused-ring (bicyclic) bond motifs is 1. The summed E-state index contributed by atoms with van der Waals surface area (Å²) in [5.41, 5.74) is 1.92. The highest BCUT2D eigenvalue weighted by Gasteiger charge is 2.12. The minimum atomic E-state index is 0.688. The zero-order valence-corrected chi connectivity index (χ0v) is 17.3. The van der Waals surface area contributed by atoms with Crippen molar-refractivity contribution in [2.75, 3.05) is 44.8 Å². The highest BCUT2D eigenvalue weighted by molar-refractivity contribution is 5.91. The molecule has 3 aromatic rings. The van der Waals surface area contributed by atoms with Crippen LogP contribution in [-0.4, -0.2) is 63.9 Å². The molecule has 0 unspecified atom stereocenters. The lowest BCUT2D eigenvalue weighted by molar-refractivity contribution is 0.0358. The number of imidazole rings is 1.